The quantitative estimate of drug-likeness (QED) is 0.772. The van der Waals surface area contributed by atoms with Crippen molar-refractivity contribution in [2.24, 2.45) is 5.92 Å². The van der Waals surface area contributed by atoms with Crippen LogP contribution in [0.3, 0.4) is 0 Å². The molecule has 0 spiro atoms. The molecule has 2 N–H and O–H groups in total. The van der Waals surface area contributed by atoms with Gasteiger partial charge in [-0.05, 0) is 24.6 Å². The second-order valence-corrected chi connectivity index (χ2v) is 4.96. The lowest BCUT2D eigenvalue weighted by atomic mass is 9.95. The zero-order chi connectivity index (χ0) is 15.8. The first-order valence-corrected chi connectivity index (χ1v) is 7.41. The third-order valence-electron chi connectivity index (χ3n) is 3.41. The topological polar surface area (TPSA) is 58.6 Å². The van der Waals surface area contributed by atoms with Crippen LogP contribution in [0.2, 0.25) is 0 Å². The van der Waals surface area contributed by atoms with Gasteiger partial charge in [0.05, 0.1) is 12.7 Å². The summed E-state index contributed by atoms with van der Waals surface area (Å²) in [4.78, 5) is 12.2. The third kappa shape index (κ3) is 4.33. The van der Waals surface area contributed by atoms with Crippen molar-refractivity contribution in [3.63, 3.8) is 0 Å². The maximum absolute atomic E-state index is 12.2. The fourth-order valence-corrected chi connectivity index (χ4v) is 2.24. The Hall–Kier alpha value is -2.33. The van der Waals surface area contributed by atoms with Crippen LogP contribution in [0.4, 0.5) is 5.69 Å². The molecule has 2 unspecified atom stereocenters. The van der Waals surface area contributed by atoms with Crippen molar-refractivity contribution in [2.75, 3.05) is 18.5 Å². The first-order valence-electron chi connectivity index (χ1n) is 7.41. The molecule has 2 rings (SSSR count). The molecule has 4 nitrogen and oxygen atoms in total. The van der Waals surface area contributed by atoms with Gasteiger partial charge in [0.2, 0.25) is 0 Å². The number of para-hydroxylation sites is 1. The number of hydrogen-bond acceptors (Lipinski definition) is 4. The predicted octanol–water partition coefficient (Wildman–Crippen LogP) is 3.01. The van der Waals surface area contributed by atoms with E-state index >= 15 is 0 Å². The highest BCUT2D eigenvalue weighted by molar-refractivity contribution is 5.74. The Bertz CT molecular complexity index is 571. The Morgan fingerprint density at radius 2 is 1.68 bits per heavy atom. The van der Waals surface area contributed by atoms with Crippen LogP contribution in [0.25, 0.3) is 0 Å². The SMILES string of the molecule is CCOC(=O)C(CNc1ccccc1)C(O)c1ccccc1. The van der Waals surface area contributed by atoms with Gasteiger partial charge in [0.15, 0.2) is 0 Å². The molecule has 22 heavy (non-hydrogen) atoms. The van der Waals surface area contributed by atoms with Crippen LogP contribution in [0, 0.1) is 5.92 Å². The van der Waals surface area contributed by atoms with Gasteiger partial charge in [-0.25, -0.2) is 0 Å². The van der Waals surface area contributed by atoms with Crippen LogP contribution in [0.5, 0.6) is 0 Å². The number of aliphatic hydroxyl groups is 1. The molecular formula is C18H21NO3. The molecule has 116 valence electrons. The van der Waals surface area contributed by atoms with Gasteiger partial charge < -0.3 is 15.2 Å². The first kappa shape index (κ1) is 16.0. The molecule has 4 heteroatoms. The van der Waals surface area contributed by atoms with Gasteiger partial charge in [-0.15, -0.1) is 0 Å². The van der Waals surface area contributed by atoms with Crippen molar-refractivity contribution < 1.29 is 14.6 Å². The second kappa shape index (κ2) is 8.20. The van der Waals surface area contributed by atoms with Crippen molar-refractivity contribution in [1.82, 2.24) is 0 Å². The standard InChI is InChI=1S/C18H21NO3/c1-2-22-18(21)16(13-19-15-11-7-4-8-12-15)17(20)14-9-5-3-6-10-14/h3-12,16-17,19-20H,2,13H2,1H3. The van der Waals surface area contributed by atoms with Gasteiger partial charge in [0, 0.05) is 12.2 Å². The van der Waals surface area contributed by atoms with Crippen LogP contribution in [-0.2, 0) is 9.53 Å². The number of esters is 1. The molecule has 0 bridgehead atoms. The molecule has 0 aromatic heterocycles. The number of aliphatic hydroxyl groups excluding tert-OH is 1. The number of ether oxygens (including phenoxy) is 1. The number of carbonyl (C=O) groups excluding carboxylic acids is 1. The molecule has 0 fully saturated rings. The lowest BCUT2D eigenvalue weighted by Gasteiger charge is -2.22. The van der Waals surface area contributed by atoms with E-state index < -0.39 is 18.0 Å². The Kier molecular flexibility index (Phi) is 5.98. The maximum Gasteiger partial charge on any atom is 0.313 e. The lowest BCUT2D eigenvalue weighted by Crippen LogP contribution is -2.31. The van der Waals surface area contributed by atoms with E-state index in [1.165, 1.54) is 0 Å². The minimum absolute atomic E-state index is 0.294. The number of carbonyl (C=O) groups is 1. The highest BCUT2D eigenvalue weighted by Gasteiger charge is 2.29. The largest absolute Gasteiger partial charge is 0.466 e. The van der Waals surface area contributed by atoms with Crippen molar-refractivity contribution >= 4 is 11.7 Å². The van der Waals surface area contributed by atoms with Gasteiger partial charge in [-0.1, -0.05) is 48.5 Å². The monoisotopic (exact) mass is 299 g/mol. The Labute approximate surface area is 130 Å². The zero-order valence-corrected chi connectivity index (χ0v) is 12.6. The van der Waals surface area contributed by atoms with Gasteiger partial charge in [0.1, 0.15) is 5.92 Å². The minimum atomic E-state index is -0.906. The van der Waals surface area contributed by atoms with E-state index in [0.29, 0.717) is 18.7 Å². The molecule has 0 amide bonds. The molecular weight excluding hydrogens is 278 g/mol. The number of rotatable bonds is 7. The van der Waals surface area contributed by atoms with Gasteiger partial charge in [-0.2, -0.15) is 0 Å². The highest BCUT2D eigenvalue weighted by Crippen LogP contribution is 2.24. The van der Waals surface area contributed by atoms with Gasteiger partial charge in [-0.3, -0.25) is 4.79 Å². The molecule has 0 aliphatic rings. The maximum atomic E-state index is 12.2. The summed E-state index contributed by atoms with van der Waals surface area (Å²) in [5.41, 5.74) is 1.60. The molecule has 0 saturated heterocycles. The van der Waals surface area contributed by atoms with Gasteiger partial charge >= 0.3 is 5.97 Å². The van der Waals surface area contributed by atoms with E-state index in [0.717, 1.165) is 5.69 Å². The van der Waals surface area contributed by atoms with E-state index in [-0.39, 0.29) is 0 Å². The fraction of sp³-hybridized carbons (Fsp3) is 0.278. The molecule has 2 aromatic carbocycles. The zero-order valence-electron chi connectivity index (χ0n) is 12.6. The van der Waals surface area contributed by atoms with E-state index in [1.54, 1.807) is 19.1 Å². The molecule has 2 aromatic rings. The van der Waals surface area contributed by atoms with Gasteiger partial charge in [0.25, 0.3) is 0 Å². The van der Waals surface area contributed by atoms with E-state index in [2.05, 4.69) is 5.32 Å². The molecule has 0 radical (unpaired) electrons. The van der Waals surface area contributed by atoms with E-state index in [4.69, 9.17) is 4.74 Å². The van der Waals surface area contributed by atoms with Crippen LogP contribution in [0.15, 0.2) is 60.7 Å². The molecule has 0 heterocycles. The number of benzene rings is 2. The summed E-state index contributed by atoms with van der Waals surface area (Å²) in [6, 6.07) is 18.7. The van der Waals surface area contributed by atoms with E-state index in [1.807, 2.05) is 48.5 Å². The summed E-state index contributed by atoms with van der Waals surface area (Å²) in [6.07, 6.45) is -0.906. The normalized spacial score (nSPS) is 13.2. The highest BCUT2D eigenvalue weighted by atomic mass is 16.5. The summed E-state index contributed by atoms with van der Waals surface area (Å²) in [6.45, 7) is 2.36. The van der Waals surface area contributed by atoms with Crippen molar-refractivity contribution in [3.05, 3.63) is 66.2 Å². The average Bonchev–Trinajstić information content (AvgIpc) is 2.57. The third-order valence-corrected chi connectivity index (χ3v) is 3.41. The molecule has 0 aliphatic heterocycles. The Morgan fingerprint density at radius 3 is 2.27 bits per heavy atom. The summed E-state index contributed by atoms with van der Waals surface area (Å²) in [5, 5.41) is 13.7. The summed E-state index contributed by atoms with van der Waals surface area (Å²) >= 11 is 0. The smallest absolute Gasteiger partial charge is 0.313 e. The number of anilines is 1. The van der Waals surface area contributed by atoms with Crippen LogP contribution in [-0.4, -0.2) is 24.2 Å². The van der Waals surface area contributed by atoms with Crippen LogP contribution in [0.1, 0.15) is 18.6 Å². The van der Waals surface area contributed by atoms with Crippen LogP contribution < -0.4 is 5.32 Å². The fourth-order valence-electron chi connectivity index (χ4n) is 2.24. The lowest BCUT2D eigenvalue weighted by molar-refractivity contribution is -0.151. The van der Waals surface area contributed by atoms with Crippen molar-refractivity contribution in [1.29, 1.82) is 0 Å². The molecule has 2 atom stereocenters. The summed E-state index contributed by atoms with van der Waals surface area (Å²) in [5.74, 6) is -1.06. The average molecular weight is 299 g/mol. The number of nitrogens with one attached hydrogen (secondary N) is 1. The summed E-state index contributed by atoms with van der Waals surface area (Å²) < 4.78 is 5.10. The van der Waals surface area contributed by atoms with Crippen LogP contribution >= 0.6 is 0 Å². The number of hydrogen-bond donors (Lipinski definition) is 2. The Morgan fingerprint density at radius 1 is 1.09 bits per heavy atom. The molecule has 0 saturated carbocycles. The Balaban J connectivity index is 2.10. The summed E-state index contributed by atoms with van der Waals surface area (Å²) in [7, 11) is 0. The first-order chi connectivity index (χ1) is 10.7. The predicted molar refractivity (Wildman–Crippen MR) is 86.5 cm³/mol. The van der Waals surface area contributed by atoms with Crippen molar-refractivity contribution in [2.45, 2.75) is 13.0 Å². The second-order valence-electron chi connectivity index (χ2n) is 4.96. The molecule has 0 aliphatic carbocycles. The minimum Gasteiger partial charge on any atom is -0.466 e. The van der Waals surface area contributed by atoms with E-state index in [9.17, 15) is 9.90 Å². The van der Waals surface area contributed by atoms with Crippen molar-refractivity contribution in [3.8, 4) is 0 Å².